The molecule has 0 amide bonds. The first kappa shape index (κ1) is 13.7. The molecule has 1 heterocycles. The third kappa shape index (κ3) is 4.24. The maximum Gasteiger partial charge on any atom is 0.0519 e. The second kappa shape index (κ2) is 6.38. The number of hydrogen-bond acceptors (Lipinski definition) is 3. The summed E-state index contributed by atoms with van der Waals surface area (Å²) in [6, 6.07) is 4.94. The van der Waals surface area contributed by atoms with Crippen LogP contribution in [0.25, 0.3) is 0 Å². The molecule has 0 saturated heterocycles. The minimum atomic E-state index is 0.152. The van der Waals surface area contributed by atoms with Crippen molar-refractivity contribution in [3.05, 3.63) is 22.4 Å². The summed E-state index contributed by atoms with van der Waals surface area (Å²) in [4.78, 5) is 3.65. The first-order chi connectivity index (χ1) is 7.50. The summed E-state index contributed by atoms with van der Waals surface area (Å²) < 4.78 is 0. The van der Waals surface area contributed by atoms with E-state index in [4.69, 9.17) is 5.73 Å². The average Bonchev–Trinajstić information content (AvgIpc) is 2.68. The Morgan fingerprint density at radius 2 is 2.06 bits per heavy atom. The lowest BCUT2D eigenvalue weighted by atomic mass is 10.0. The van der Waals surface area contributed by atoms with Gasteiger partial charge in [-0.1, -0.05) is 19.9 Å². The highest BCUT2D eigenvalue weighted by molar-refractivity contribution is 7.10. The fraction of sp³-hybridized carbons (Fsp3) is 0.692. The number of thiophene rings is 1. The van der Waals surface area contributed by atoms with Gasteiger partial charge in [-0.05, 0) is 37.8 Å². The fourth-order valence-electron chi connectivity index (χ4n) is 1.94. The van der Waals surface area contributed by atoms with Gasteiger partial charge in [0.15, 0.2) is 0 Å². The van der Waals surface area contributed by atoms with Crippen LogP contribution in [0.2, 0.25) is 0 Å². The summed E-state index contributed by atoms with van der Waals surface area (Å²) >= 11 is 1.75. The first-order valence-electron chi connectivity index (χ1n) is 6.00. The van der Waals surface area contributed by atoms with E-state index in [-0.39, 0.29) is 6.04 Å². The molecule has 1 aromatic heterocycles. The van der Waals surface area contributed by atoms with Crippen LogP contribution in [-0.2, 0) is 0 Å². The third-order valence-electron chi connectivity index (χ3n) is 2.96. The van der Waals surface area contributed by atoms with Gasteiger partial charge >= 0.3 is 0 Å². The molecule has 92 valence electrons. The Kier molecular flexibility index (Phi) is 5.46. The predicted molar refractivity (Wildman–Crippen MR) is 72.8 cm³/mol. The van der Waals surface area contributed by atoms with Gasteiger partial charge in [-0.2, -0.15) is 0 Å². The van der Waals surface area contributed by atoms with Crippen LogP contribution in [0.15, 0.2) is 17.5 Å². The molecule has 0 aromatic carbocycles. The largest absolute Gasteiger partial charge is 0.322 e. The van der Waals surface area contributed by atoms with E-state index in [1.54, 1.807) is 11.3 Å². The van der Waals surface area contributed by atoms with E-state index < -0.39 is 0 Å². The van der Waals surface area contributed by atoms with E-state index in [0.717, 1.165) is 12.5 Å². The van der Waals surface area contributed by atoms with Crippen LogP contribution in [0.4, 0.5) is 0 Å². The molecule has 0 aliphatic rings. The van der Waals surface area contributed by atoms with Crippen LogP contribution in [0.3, 0.4) is 0 Å². The maximum atomic E-state index is 6.18. The number of nitrogens with two attached hydrogens (primary N) is 1. The molecule has 2 atom stereocenters. The standard InChI is InChI=1S/C13H24N2S/c1-10(2)8-11(3)15(4)9-12(14)13-6-5-7-16-13/h5-7,10-12H,8-9,14H2,1-4H3. The highest BCUT2D eigenvalue weighted by Gasteiger charge is 2.15. The first-order valence-corrected chi connectivity index (χ1v) is 6.88. The fourth-order valence-corrected chi connectivity index (χ4v) is 2.67. The van der Waals surface area contributed by atoms with E-state index in [2.05, 4.69) is 50.2 Å². The van der Waals surface area contributed by atoms with Crippen molar-refractivity contribution in [1.82, 2.24) is 4.90 Å². The zero-order chi connectivity index (χ0) is 12.1. The third-order valence-corrected chi connectivity index (χ3v) is 3.96. The van der Waals surface area contributed by atoms with Crippen LogP contribution < -0.4 is 5.73 Å². The predicted octanol–water partition coefficient (Wildman–Crippen LogP) is 3.11. The molecule has 0 spiro atoms. The zero-order valence-electron chi connectivity index (χ0n) is 10.8. The minimum Gasteiger partial charge on any atom is -0.322 e. The lowest BCUT2D eigenvalue weighted by molar-refractivity contribution is 0.217. The molecule has 1 rings (SSSR count). The van der Waals surface area contributed by atoms with Gasteiger partial charge in [0.1, 0.15) is 0 Å². The molecule has 2 N–H and O–H groups in total. The molecule has 0 bridgehead atoms. The van der Waals surface area contributed by atoms with Gasteiger partial charge in [-0.25, -0.2) is 0 Å². The van der Waals surface area contributed by atoms with Crippen LogP contribution in [-0.4, -0.2) is 24.5 Å². The molecule has 0 aliphatic carbocycles. The second-order valence-electron chi connectivity index (χ2n) is 5.04. The smallest absolute Gasteiger partial charge is 0.0519 e. The van der Waals surface area contributed by atoms with E-state index in [0.29, 0.717) is 6.04 Å². The molecule has 16 heavy (non-hydrogen) atoms. The van der Waals surface area contributed by atoms with E-state index in [9.17, 15) is 0 Å². The highest BCUT2D eigenvalue weighted by Crippen LogP contribution is 2.19. The molecule has 0 saturated carbocycles. The Morgan fingerprint density at radius 3 is 2.56 bits per heavy atom. The van der Waals surface area contributed by atoms with Crippen LogP contribution in [0, 0.1) is 5.92 Å². The average molecular weight is 240 g/mol. The van der Waals surface area contributed by atoms with Crippen molar-refractivity contribution >= 4 is 11.3 Å². The molecule has 0 radical (unpaired) electrons. The van der Waals surface area contributed by atoms with E-state index >= 15 is 0 Å². The highest BCUT2D eigenvalue weighted by atomic mass is 32.1. The van der Waals surface area contributed by atoms with Gasteiger partial charge in [0.05, 0.1) is 6.04 Å². The molecule has 0 aliphatic heterocycles. The molecule has 1 aromatic rings. The quantitative estimate of drug-likeness (QED) is 0.828. The molecule has 2 unspecified atom stereocenters. The monoisotopic (exact) mass is 240 g/mol. The van der Waals surface area contributed by atoms with Crippen LogP contribution in [0.5, 0.6) is 0 Å². The van der Waals surface area contributed by atoms with Gasteiger partial charge in [0.25, 0.3) is 0 Å². The summed E-state index contributed by atoms with van der Waals surface area (Å²) in [7, 11) is 2.17. The second-order valence-corrected chi connectivity index (χ2v) is 6.02. The zero-order valence-corrected chi connectivity index (χ0v) is 11.6. The summed E-state index contributed by atoms with van der Waals surface area (Å²) in [5, 5.41) is 2.09. The molecule has 0 fully saturated rings. The molecular weight excluding hydrogens is 216 g/mol. The number of rotatable bonds is 6. The van der Waals surface area contributed by atoms with E-state index in [1.807, 2.05) is 0 Å². The van der Waals surface area contributed by atoms with E-state index in [1.165, 1.54) is 11.3 Å². The van der Waals surface area contributed by atoms with Crippen molar-refractivity contribution in [2.45, 2.75) is 39.3 Å². The topological polar surface area (TPSA) is 29.3 Å². The SMILES string of the molecule is CC(C)CC(C)N(C)CC(N)c1cccs1. The van der Waals surface area contributed by atoms with Crippen LogP contribution in [0.1, 0.15) is 38.1 Å². The van der Waals surface area contributed by atoms with Crippen molar-refractivity contribution in [3.63, 3.8) is 0 Å². The molecule has 2 nitrogen and oxygen atoms in total. The maximum absolute atomic E-state index is 6.18. The van der Waals surface area contributed by atoms with Crippen LogP contribution >= 0.6 is 11.3 Å². The Bertz CT molecular complexity index is 282. The van der Waals surface area contributed by atoms with Crippen molar-refractivity contribution in [3.8, 4) is 0 Å². The molecular formula is C13H24N2S. The summed E-state index contributed by atoms with van der Waals surface area (Å²) in [6.45, 7) is 7.75. The number of hydrogen-bond donors (Lipinski definition) is 1. The minimum absolute atomic E-state index is 0.152. The Balaban J connectivity index is 2.41. The van der Waals surface area contributed by atoms with Gasteiger partial charge in [-0.3, -0.25) is 0 Å². The Labute approximate surface area is 103 Å². The van der Waals surface area contributed by atoms with Crippen molar-refractivity contribution < 1.29 is 0 Å². The lowest BCUT2D eigenvalue weighted by Gasteiger charge is -2.28. The lowest BCUT2D eigenvalue weighted by Crippen LogP contribution is -2.36. The van der Waals surface area contributed by atoms with Crippen molar-refractivity contribution in [1.29, 1.82) is 0 Å². The Morgan fingerprint density at radius 1 is 1.38 bits per heavy atom. The van der Waals surface area contributed by atoms with Gasteiger partial charge in [0.2, 0.25) is 0 Å². The molecule has 3 heteroatoms. The Hall–Kier alpha value is -0.380. The van der Waals surface area contributed by atoms with Gasteiger partial charge in [0, 0.05) is 17.5 Å². The number of nitrogens with zero attached hydrogens (tertiary/aromatic N) is 1. The summed E-state index contributed by atoms with van der Waals surface area (Å²) in [6.07, 6.45) is 1.23. The van der Waals surface area contributed by atoms with Crippen molar-refractivity contribution in [2.75, 3.05) is 13.6 Å². The van der Waals surface area contributed by atoms with Gasteiger partial charge in [-0.15, -0.1) is 11.3 Å². The normalized spacial score (nSPS) is 15.7. The summed E-state index contributed by atoms with van der Waals surface area (Å²) in [5.41, 5.74) is 6.18. The van der Waals surface area contributed by atoms with Gasteiger partial charge < -0.3 is 10.6 Å². The summed E-state index contributed by atoms with van der Waals surface area (Å²) in [5.74, 6) is 0.746. The van der Waals surface area contributed by atoms with Crippen molar-refractivity contribution in [2.24, 2.45) is 11.7 Å². The number of likely N-dealkylation sites (N-methyl/N-ethyl adjacent to an activating group) is 1.